The van der Waals surface area contributed by atoms with Gasteiger partial charge in [0.05, 0.1) is 7.11 Å². The van der Waals surface area contributed by atoms with Gasteiger partial charge in [0.25, 0.3) is 0 Å². The van der Waals surface area contributed by atoms with Gasteiger partial charge in [0.15, 0.2) is 0 Å². The second-order valence-corrected chi connectivity index (χ2v) is 5.67. The lowest BCUT2D eigenvalue weighted by atomic mass is 10.2. The first-order valence-corrected chi connectivity index (χ1v) is 7.34. The van der Waals surface area contributed by atoms with Crippen LogP contribution in [0.3, 0.4) is 0 Å². The van der Waals surface area contributed by atoms with Gasteiger partial charge in [0.1, 0.15) is 6.04 Å². The minimum Gasteiger partial charge on any atom is -0.468 e. The van der Waals surface area contributed by atoms with Gasteiger partial charge in [-0.3, -0.25) is 4.79 Å². The topological polar surface area (TPSA) is 52.3 Å². The molecule has 0 bridgehead atoms. The van der Waals surface area contributed by atoms with E-state index in [-0.39, 0.29) is 18.4 Å². The van der Waals surface area contributed by atoms with E-state index >= 15 is 0 Å². The Balaban J connectivity index is 0.00000256. The van der Waals surface area contributed by atoms with Gasteiger partial charge in [-0.25, -0.2) is 0 Å². The second-order valence-electron chi connectivity index (χ2n) is 3.16. The number of benzene rings is 1. The molecule has 0 amide bonds. The first-order valence-electron chi connectivity index (χ1n) is 4.86. The molecule has 0 saturated carbocycles. The highest BCUT2D eigenvalue weighted by Gasteiger charge is 2.13. The zero-order valence-electron chi connectivity index (χ0n) is 9.50. The van der Waals surface area contributed by atoms with Gasteiger partial charge in [-0.15, -0.1) is 12.4 Å². The molecule has 0 saturated heterocycles. The molecule has 1 aromatic rings. The van der Waals surface area contributed by atoms with E-state index in [2.05, 4.69) is 16.9 Å². The zero-order valence-corrected chi connectivity index (χ0v) is 11.9. The van der Waals surface area contributed by atoms with Crippen molar-refractivity contribution in [2.24, 2.45) is 5.73 Å². The summed E-state index contributed by atoms with van der Waals surface area (Å²) >= 11 is 0. The molecule has 0 unspecified atom stereocenters. The summed E-state index contributed by atoms with van der Waals surface area (Å²) in [4.78, 5) is 11.0. The molecule has 0 radical (unpaired) electrons. The average Bonchev–Trinajstić information content (AvgIpc) is 2.34. The van der Waals surface area contributed by atoms with Crippen LogP contribution in [0, 0.1) is 0 Å². The van der Waals surface area contributed by atoms with Crippen LogP contribution in [0.4, 0.5) is 0 Å². The molecule has 1 aromatic carbocycles. The minimum absolute atomic E-state index is 0. The Kier molecular flexibility index (Phi) is 9.44. The normalized spacial score (nSPS) is 11.4. The lowest BCUT2D eigenvalue weighted by Crippen LogP contribution is -2.33. The second kappa shape index (κ2) is 9.65. The van der Waals surface area contributed by atoms with Crippen LogP contribution in [-0.2, 0) is 15.3 Å². The predicted octanol–water partition coefficient (Wildman–Crippen LogP) is 2.49. The Morgan fingerprint density at radius 3 is 2.59 bits per heavy atom. The molecule has 0 aliphatic heterocycles. The number of carbonyl (C=O) groups is 1. The van der Waals surface area contributed by atoms with Crippen molar-refractivity contribution in [2.45, 2.75) is 11.8 Å². The Morgan fingerprint density at radius 1 is 1.35 bits per heavy atom. The zero-order chi connectivity index (χ0) is 11.8. The Morgan fingerprint density at radius 2 is 2.00 bits per heavy atom. The number of hydrogen-bond acceptors (Lipinski definition) is 5. The van der Waals surface area contributed by atoms with Crippen LogP contribution in [0.15, 0.2) is 30.3 Å². The van der Waals surface area contributed by atoms with Gasteiger partial charge in [0, 0.05) is 11.5 Å². The summed E-state index contributed by atoms with van der Waals surface area (Å²) < 4.78 is 4.54. The number of nitrogens with two attached hydrogens (primary N) is 1. The average molecular weight is 294 g/mol. The molecular formula is C11H16ClNO2S2. The first-order chi connectivity index (χ1) is 7.74. The summed E-state index contributed by atoms with van der Waals surface area (Å²) in [5, 5.41) is 0. The summed E-state index contributed by atoms with van der Waals surface area (Å²) in [6, 6.07) is 9.65. The molecule has 1 rings (SSSR count). The van der Waals surface area contributed by atoms with E-state index < -0.39 is 6.04 Å². The van der Waals surface area contributed by atoms with Crippen molar-refractivity contribution >= 4 is 40.0 Å². The third-order valence-electron chi connectivity index (χ3n) is 1.90. The molecule has 0 aliphatic rings. The van der Waals surface area contributed by atoms with Crippen molar-refractivity contribution in [3.8, 4) is 0 Å². The molecule has 17 heavy (non-hydrogen) atoms. The fraction of sp³-hybridized carbons (Fsp3) is 0.364. The summed E-state index contributed by atoms with van der Waals surface area (Å²) in [5.74, 6) is 1.14. The highest BCUT2D eigenvalue weighted by molar-refractivity contribution is 8.76. The summed E-state index contributed by atoms with van der Waals surface area (Å²) in [7, 11) is 4.63. The van der Waals surface area contributed by atoms with E-state index in [9.17, 15) is 4.79 Å². The number of methoxy groups -OCH3 is 1. The maximum absolute atomic E-state index is 11.0. The van der Waals surface area contributed by atoms with Gasteiger partial charge in [-0.2, -0.15) is 0 Å². The van der Waals surface area contributed by atoms with Crippen LogP contribution in [0.2, 0.25) is 0 Å². The number of carbonyl (C=O) groups excluding carboxylic acids is 1. The summed E-state index contributed by atoms with van der Waals surface area (Å²) in [6.45, 7) is 0. The number of halogens is 1. The van der Waals surface area contributed by atoms with Gasteiger partial charge in [-0.05, 0) is 5.56 Å². The molecule has 1 atom stereocenters. The largest absolute Gasteiger partial charge is 0.468 e. The summed E-state index contributed by atoms with van der Waals surface area (Å²) in [6.07, 6.45) is 0. The molecule has 0 fully saturated rings. The predicted molar refractivity (Wildman–Crippen MR) is 77.4 cm³/mol. The van der Waals surface area contributed by atoms with Gasteiger partial charge >= 0.3 is 5.97 Å². The van der Waals surface area contributed by atoms with E-state index in [4.69, 9.17) is 5.73 Å². The molecule has 0 aromatic heterocycles. The van der Waals surface area contributed by atoms with Crippen molar-refractivity contribution in [3.05, 3.63) is 35.9 Å². The monoisotopic (exact) mass is 293 g/mol. The van der Waals surface area contributed by atoms with E-state index in [0.29, 0.717) is 5.75 Å². The highest BCUT2D eigenvalue weighted by atomic mass is 35.5. The van der Waals surface area contributed by atoms with Crippen LogP contribution >= 0.6 is 34.0 Å². The summed E-state index contributed by atoms with van der Waals surface area (Å²) in [5.41, 5.74) is 6.87. The van der Waals surface area contributed by atoms with Crippen molar-refractivity contribution in [2.75, 3.05) is 12.9 Å². The fourth-order valence-corrected chi connectivity index (χ4v) is 3.20. The van der Waals surface area contributed by atoms with Gasteiger partial charge < -0.3 is 10.5 Å². The third kappa shape index (κ3) is 6.83. The van der Waals surface area contributed by atoms with Crippen molar-refractivity contribution in [3.63, 3.8) is 0 Å². The quantitative estimate of drug-likeness (QED) is 0.496. The first kappa shape index (κ1) is 16.6. The van der Waals surface area contributed by atoms with Crippen molar-refractivity contribution in [1.82, 2.24) is 0 Å². The van der Waals surface area contributed by atoms with E-state index in [0.717, 1.165) is 5.75 Å². The van der Waals surface area contributed by atoms with Crippen LogP contribution < -0.4 is 5.73 Å². The fourth-order valence-electron chi connectivity index (χ4n) is 1.02. The third-order valence-corrected chi connectivity index (χ3v) is 4.28. The van der Waals surface area contributed by atoms with E-state index in [1.54, 1.807) is 21.6 Å². The van der Waals surface area contributed by atoms with E-state index in [1.165, 1.54) is 12.7 Å². The minimum atomic E-state index is -0.529. The molecule has 3 nitrogen and oxygen atoms in total. The smallest absolute Gasteiger partial charge is 0.323 e. The van der Waals surface area contributed by atoms with Crippen molar-refractivity contribution < 1.29 is 9.53 Å². The maximum Gasteiger partial charge on any atom is 0.323 e. The lowest BCUT2D eigenvalue weighted by molar-refractivity contribution is -0.141. The SMILES string of the molecule is COC(=O)[C@@H](N)CSSCc1ccccc1.Cl. The van der Waals surface area contributed by atoms with Gasteiger partial charge in [0.2, 0.25) is 0 Å². The molecular weight excluding hydrogens is 278 g/mol. The Hall–Kier alpha value is -0.360. The van der Waals surface area contributed by atoms with Crippen molar-refractivity contribution in [1.29, 1.82) is 0 Å². The number of hydrogen-bond donors (Lipinski definition) is 1. The van der Waals surface area contributed by atoms with Crippen LogP contribution in [0.25, 0.3) is 0 Å². The Bertz CT molecular complexity index is 325. The van der Waals surface area contributed by atoms with Crippen LogP contribution in [0.5, 0.6) is 0 Å². The standard InChI is InChI=1S/C11H15NO2S2.ClH/c1-14-11(13)10(12)8-16-15-7-9-5-3-2-4-6-9;/h2-6,10H,7-8,12H2,1H3;1H/t10-;/m0./s1. The molecule has 0 aliphatic carbocycles. The maximum atomic E-state index is 11.0. The number of rotatable bonds is 6. The van der Waals surface area contributed by atoms with Crippen LogP contribution in [0.1, 0.15) is 5.56 Å². The van der Waals surface area contributed by atoms with Gasteiger partial charge in [-0.1, -0.05) is 51.9 Å². The molecule has 6 heteroatoms. The Labute approximate surface area is 116 Å². The molecule has 2 N–H and O–H groups in total. The number of ether oxygens (including phenoxy) is 1. The highest BCUT2D eigenvalue weighted by Crippen LogP contribution is 2.26. The van der Waals surface area contributed by atoms with E-state index in [1.807, 2.05) is 18.2 Å². The molecule has 0 spiro atoms. The number of esters is 1. The van der Waals surface area contributed by atoms with Crippen LogP contribution in [-0.4, -0.2) is 24.9 Å². The molecule has 96 valence electrons. The lowest BCUT2D eigenvalue weighted by Gasteiger charge is -2.07. The molecule has 0 heterocycles.